The van der Waals surface area contributed by atoms with Gasteiger partial charge in [-0.3, -0.25) is 9.69 Å². The molecule has 0 spiro atoms. The number of carbonyl (C=O) groups is 2. The van der Waals surface area contributed by atoms with Crippen molar-refractivity contribution in [3.63, 3.8) is 0 Å². The molecule has 1 aromatic heterocycles. The van der Waals surface area contributed by atoms with E-state index in [4.69, 9.17) is 0 Å². The third kappa shape index (κ3) is 2.21. The van der Waals surface area contributed by atoms with E-state index in [2.05, 4.69) is 5.32 Å². The third-order valence-corrected chi connectivity index (χ3v) is 4.67. The normalized spacial score (nSPS) is 21.7. The highest BCUT2D eigenvalue weighted by atomic mass is 32.1. The second-order valence-electron chi connectivity index (χ2n) is 5.02. The van der Waals surface area contributed by atoms with Crippen LogP contribution in [0.2, 0.25) is 0 Å². The van der Waals surface area contributed by atoms with E-state index in [9.17, 15) is 14.0 Å². The SMILES string of the molecule is CC1(c2cccs2)NC(=O)N(Cc2ccccc2F)C1=O. The Morgan fingerprint density at radius 2 is 2.00 bits per heavy atom. The van der Waals surface area contributed by atoms with Crippen LogP contribution < -0.4 is 5.32 Å². The quantitative estimate of drug-likeness (QED) is 0.887. The number of carbonyl (C=O) groups excluding carboxylic acids is 2. The van der Waals surface area contributed by atoms with Crippen LogP contribution in [0.3, 0.4) is 0 Å². The average Bonchev–Trinajstić information content (AvgIpc) is 3.06. The van der Waals surface area contributed by atoms with Crippen molar-refractivity contribution >= 4 is 23.3 Å². The highest BCUT2D eigenvalue weighted by molar-refractivity contribution is 7.10. The van der Waals surface area contributed by atoms with Crippen LogP contribution in [0.4, 0.5) is 9.18 Å². The van der Waals surface area contributed by atoms with Crippen molar-refractivity contribution in [2.75, 3.05) is 0 Å². The van der Waals surface area contributed by atoms with E-state index in [1.807, 2.05) is 11.4 Å². The number of hydrogen-bond donors (Lipinski definition) is 1. The fourth-order valence-corrected chi connectivity index (χ4v) is 3.20. The molecule has 0 bridgehead atoms. The highest BCUT2D eigenvalue weighted by Crippen LogP contribution is 2.32. The summed E-state index contributed by atoms with van der Waals surface area (Å²) in [7, 11) is 0. The van der Waals surface area contributed by atoms with Gasteiger partial charge in [0.15, 0.2) is 5.54 Å². The van der Waals surface area contributed by atoms with Gasteiger partial charge in [0.2, 0.25) is 0 Å². The number of rotatable bonds is 3. The summed E-state index contributed by atoms with van der Waals surface area (Å²) in [5.41, 5.74) is -0.757. The van der Waals surface area contributed by atoms with Crippen LogP contribution in [0, 0.1) is 5.82 Å². The first-order chi connectivity index (χ1) is 10.0. The summed E-state index contributed by atoms with van der Waals surface area (Å²) in [6.07, 6.45) is 0. The molecule has 1 N–H and O–H groups in total. The molecule has 4 nitrogen and oxygen atoms in total. The molecule has 2 heterocycles. The molecule has 2 aromatic rings. The molecule has 1 aromatic carbocycles. The van der Waals surface area contributed by atoms with E-state index in [0.717, 1.165) is 9.78 Å². The fraction of sp³-hybridized carbons (Fsp3) is 0.200. The first-order valence-corrected chi connectivity index (χ1v) is 7.32. The molecule has 0 radical (unpaired) electrons. The molecule has 1 aliphatic rings. The van der Waals surface area contributed by atoms with Gasteiger partial charge in [0.05, 0.1) is 6.54 Å². The Balaban J connectivity index is 1.90. The maximum absolute atomic E-state index is 13.7. The van der Waals surface area contributed by atoms with Crippen molar-refractivity contribution in [2.45, 2.75) is 19.0 Å². The lowest BCUT2D eigenvalue weighted by Gasteiger charge is -2.20. The number of imide groups is 1. The van der Waals surface area contributed by atoms with Crippen LogP contribution in [0.5, 0.6) is 0 Å². The molecule has 1 aliphatic heterocycles. The van der Waals surface area contributed by atoms with Gasteiger partial charge >= 0.3 is 6.03 Å². The van der Waals surface area contributed by atoms with Crippen molar-refractivity contribution in [2.24, 2.45) is 0 Å². The Kier molecular flexibility index (Phi) is 3.25. The zero-order valence-corrected chi connectivity index (χ0v) is 12.1. The number of urea groups is 1. The Labute approximate surface area is 125 Å². The zero-order valence-electron chi connectivity index (χ0n) is 11.3. The third-order valence-electron chi connectivity index (χ3n) is 3.58. The Hall–Kier alpha value is -2.21. The minimum atomic E-state index is -1.07. The van der Waals surface area contributed by atoms with Crippen molar-refractivity contribution < 1.29 is 14.0 Å². The van der Waals surface area contributed by atoms with Crippen molar-refractivity contribution in [3.05, 3.63) is 58.0 Å². The summed E-state index contributed by atoms with van der Waals surface area (Å²) in [4.78, 5) is 26.5. The van der Waals surface area contributed by atoms with Gasteiger partial charge in [-0.2, -0.15) is 0 Å². The van der Waals surface area contributed by atoms with E-state index in [-0.39, 0.29) is 12.5 Å². The molecular weight excluding hydrogens is 291 g/mol. The number of nitrogens with zero attached hydrogens (tertiary/aromatic N) is 1. The van der Waals surface area contributed by atoms with Crippen LogP contribution >= 0.6 is 11.3 Å². The monoisotopic (exact) mass is 304 g/mol. The summed E-state index contributed by atoms with van der Waals surface area (Å²) >= 11 is 1.40. The number of thiophene rings is 1. The van der Waals surface area contributed by atoms with E-state index in [0.29, 0.717) is 5.56 Å². The molecule has 108 valence electrons. The first-order valence-electron chi connectivity index (χ1n) is 6.44. The zero-order chi connectivity index (χ0) is 15.0. The molecule has 1 unspecified atom stereocenters. The average molecular weight is 304 g/mol. The molecule has 0 aliphatic carbocycles. The number of nitrogens with one attached hydrogen (secondary N) is 1. The van der Waals surface area contributed by atoms with Crippen molar-refractivity contribution in [1.82, 2.24) is 10.2 Å². The van der Waals surface area contributed by atoms with Gasteiger partial charge in [0, 0.05) is 10.4 Å². The number of hydrogen-bond acceptors (Lipinski definition) is 3. The summed E-state index contributed by atoms with van der Waals surface area (Å²) in [6, 6.07) is 9.25. The topological polar surface area (TPSA) is 49.4 Å². The predicted octanol–water partition coefficient (Wildman–Crippen LogP) is 2.85. The minimum absolute atomic E-state index is 0.0711. The van der Waals surface area contributed by atoms with Crippen LogP contribution in [0.1, 0.15) is 17.4 Å². The van der Waals surface area contributed by atoms with Crippen LogP contribution in [0.15, 0.2) is 41.8 Å². The Morgan fingerprint density at radius 1 is 1.24 bits per heavy atom. The summed E-state index contributed by atoms with van der Waals surface area (Å²) in [5.74, 6) is -0.791. The van der Waals surface area contributed by atoms with Gasteiger partial charge in [0.1, 0.15) is 5.82 Å². The van der Waals surface area contributed by atoms with E-state index < -0.39 is 17.4 Å². The predicted molar refractivity (Wildman–Crippen MR) is 77.2 cm³/mol. The molecule has 21 heavy (non-hydrogen) atoms. The van der Waals surface area contributed by atoms with Gasteiger partial charge in [0.25, 0.3) is 5.91 Å². The number of halogens is 1. The summed E-state index contributed by atoms with van der Waals surface area (Å²) in [6.45, 7) is 1.60. The van der Waals surface area contributed by atoms with E-state index in [1.54, 1.807) is 31.2 Å². The molecule has 1 saturated heterocycles. The Morgan fingerprint density at radius 3 is 2.67 bits per heavy atom. The van der Waals surface area contributed by atoms with Gasteiger partial charge in [-0.25, -0.2) is 9.18 Å². The van der Waals surface area contributed by atoms with Crippen molar-refractivity contribution in [3.8, 4) is 0 Å². The number of amides is 3. The van der Waals surface area contributed by atoms with Gasteiger partial charge in [-0.15, -0.1) is 11.3 Å². The van der Waals surface area contributed by atoms with Crippen molar-refractivity contribution in [1.29, 1.82) is 0 Å². The van der Waals surface area contributed by atoms with Gasteiger partial charge in [-0.05, 0) is 24.4 Å². The number of benzene rings is 1. The second kappa shape index (κ2) is 4.96. The molecular formula is C15H13FN2O2S. The lowest BCUT2D eigenvalue weighted by atomic mass is 10.0. The lowest BCUT2D eigenvalue weighted by Crippen LogP contribution is -2.40. The van der Waals surface area contributed by atoms with E-state index >= 15 is 0 Å². The lowest BCUT2D eigenvalue weighted by molar-refractivity contribution is -0.131. The Bertz CT molecular complexity index is 701. The van der Waals surface area contributed by atoms with Crippen LogP contribution in [-0.4, -0.2) is 16.8 Å². The van der Waals surface area contributed by atoms with Crippen LogP contribution in [0.25, 0.3) is 0 Å². The largest absolute Gasteiger partial charge is 0.325 e. The molecule has 0 saturated carbocycles. The van der Waals surface area contributed by atoms with Crippen LogP contribution in [-0.2, 0) is 16.9 Å². The van der Waals surface area contributed by atoms with Gasteiger partial charge < -0.3 is 5.32 Å². The smallest absolute Gasteiger partial charge is 0.319 e. The van der Waals surface area contributed by atoms with Gasteiger partial charge in [-0.1, -0.05) is 24.3 Å². The maximum atomic E-state index is 13.7. The fourth-order valence-electron chi connectivity index (χ4n) is 2.37. The second-order valence-corrected chi connectivity index (χ2v) is 5.96. The first kappa shape index (κ1) is 13.8. The molecule has 1 fully saturated rings. The molecule has 3 amide bonds. The molecule has 1 atom stereocenters. The summed E-state index contributed by atoms with van der Waals surface area (Å²) in [5, 5.41) is 4.54. The maximum Gasteiger partial charge on any atom is 0.325 e. The standard InChI is InChI=1S/C15H13FN2O2S/c1-15(12-7-4-8-21-12)13(19)18(14(20)17-15)9-10-5-2-3-6-11(10)16/h2-8H,9H2,1H3,(H,17,20). The summed E-state index contributed by atoms with van der Waals surface area (Å²) < 4.78 is 13.7. The highest BCUT2D eigenvalue weighted by Gasteiger charge is 2.49. The molecule has 6 heteroatoms. The minimum Gasteiger partial charge on any atom is -0.319 e. The molecule has 3 rings (SSSR count). The van der Waals surface area contributed by atoms with E-state index in [1.165, 1.54) is 17.4 Å².